The Labute approximate surface area is 186 Å². The van der Waals surface area contributed by atoms with Crippen LogP contribution in [-0.4, -0.2) is 41.2 Å². The SMILES string of the molecule is Cc1c(Cl)cccc1NC(=O)COC(=O)[C@H](C(C)C)N1C(=O)[C@@H]2[C@H]3CC[C@@H](C3)[C@@H]2C1=O. The van der Waals surface area contributed by atoms with Gasteiger partial charge in [0.1, 0.15) is 6.04 Å². The molecule has 3 fully saturated rings. The average molecular weight is 447 g/mol. The van der Waals surface area contributed by atoms with E-state index in [1.807, 2.05) is 0 Å². The van der Waals surface area contributed by atoms with Crippen molar-refractivity contribution < 1.29 is 23.9 Å². The lowest BCUT2D eigenvalue weighted by atomic mass is 9.81. The molecule has 7 nitrogen and oxygen atoms in total. The number of imide groups is 1. The van der Waals surface area contributed by atoms with Crippen LogP contribution in [0.1, 0.15) is 38.7 Å². The van der Waals surface area contributed by atoms with Crippen molar-refractivity contribution in [3.05, 3.63) is 28.8 Å². The zero-order valence-electron chi connectivity index (χ0n) is 17.9. The van der Waals surface area contributed by atoms with E-state index < -0.39 is 24.5 Å². The molecular formula is C23H27ClN2O5. The first-order chi connectivity index (χ1) is 14.7. The highest BCUT2D eigenvalue weighted by Gasteiger charge is 2.62. The van der Waals surface area contributed by atoms with E-state index in [2.05, 4.69) is 5.32 Å². The summed E-state index contributed by atoms with van der Waals surface area (Å²) < 4.78 is 5.24. The Morgan fingerprint density at radius 2 is 1.77 bits per heavy atom. The maximum Gasteiger partial charge on any atom is 0.330 e. The highest BCUT2D eigenvalue weighted by Crippen LogP contribution is 2.56. The molecule has 0 aromatic heterocycles. The van der Waals surface area contributed by atoms with Crippen LogP contribution in [0.5, 0.6) is 0 Å². The molecule has 166 valence electrons. The number of carbonyl (C=O) groups is 4. The zero-order valence-corrected chi connectivity index (χ0v) is 18.6. The fourth-order valence-electron chi connectivity index (χ4n) is 5.53. The number of likely N-dealkylation sites (tertiary alicyclic amines) is 1. The molecule has 0 spiro atoms. The van der Waals surface area contributed by atoms with Gasteiger partial charge in [0.2, 0.25) is 11.8 Å². The van der Waals surface area contributed by atoms with Crippen molar-refractivity contribution in [1.82, 2.24) is 4.90 Å². The molecule has 8 heteroatoms. The number of rotatable bonds is 6. The van der Waals surface area contributed by atoms with Crippen molar-refractivity contribution in [2.45, 2.75) is 46.1 Å². The second kappa shape index (κ2) is 8.26. The van der Waals surface area contributed by atoms with Gasteiger partial charge in [-0.05, 0) is 61.6 Å². The van der Waals surface area contributed by atoms with Gasteiger partial charge in [-0.25, -0.2) is 4.79 Å². The molecule has 3 amide bonds. The highest BCUT2D eigenvalue weighted by molar-refractivity contribution is 6.31. The van der Waals surface area contributed by atoms with Crippen LogP contribution in [0.25, 0.3) is 0 Å². The first-order valence-corrected chi connectivity index (χ1v) is 11.2. The first kappa shape index (κ1) is 21.8. The zero-order chi connectivity index (χ0) is 22.4. The van der Waals surface area contributed by atoms with Crippen LogP contribution in [0.15, 0.2) is 18.2 Å². The molecule has 1 N–H and O–H groups in total. The highest BCUT2D eigenvalue weighted by atomic mass is 35.5. The van der Waals surface area contributed by atoms with E-state index in [0.29, 0.717) is 16.3 Å². The first-order valence-electron chi connectivity index (χ1n) is 10.8. The fraction of sp³-hybridized carbons (Fsp3) is 0.565. The predicted molar refractivity (Wildman–Crippen MR) is 114 cm³/mol. The quantitative estimate of drug-likeness (QED) is 0.535. The van der Waals surface area contributed by atoms with E-state index in [1.54, 1.807) is 39.0 Å². The minimum Gasteiger partial charge on any atom is -0.454 e. The minimum absolute atomic E-state index is 0.243. The summed E-state index contributed by atoms with van der Waals surface area (Å²) >= 11 is 6.06. The molecule has 4 rings (SSSR count). The molecule has 5 atom stereocenters. The maximum atomic E-state index is 13.1. The van der Waals surface area contributed by atoms with Crippen molar-refractivity contribution in [3.8, 4) is 0 Å². The molecule has 3 aliphatic rings. The van der Waals surface area contributed by atoms with E-state index in [4.69, 9.17) is 16.3 Å². The Morgan fingerprint density at radius 1 is 1.16 bits per heavy atom. The molecule has 1 aromatic carbocycles. The molecule has 2 bridgehead atoms. The van der Waals surface area contributed by atoms with Crippen LogP contribution >= 0.6 is 11.6 Å². The number of fused-ring (bicyclic) bond motifs is 5. The second-order valence-electron chi connectivity index (χ2n) is 9.19. The van der Waals surface area contributed by atoms with Crippen molar-refractivity contribution in [2.24, 2.45) is 29.6 Å². The Kier molecular flexibility index (Phi) is 5.81. The number of hydrogen-bond acceptors (Lipinski definition) is 5. The standard InChI is InChI=1S/C23H27ClN2O5/c1-11(2)20(26-21(28)18-13-7-8-14(9-13)19(18)22(26)29)23(30)31-10-17(27)25-16-6-4-5-15(24)12(16)3/h4-6,11,13-14,18-20H,7-10H2,1-3H3,(H,25,27)/t13-,14-,18-,19+,20-/m0/s1. The van der Waals surface area contributed by atoms with Crippen molar-refractivity contribution in [3.63, 3.8) is 0 Å². The van der Waals surface area contributed by atoms with Crippen LogP contribution in [0.2, 0.25) is 5.02 Å². The number of amides is 3. The largest absolute Gasteiger partial charge is 0.454 e. The van der Waals surface area contributed by atoms with Gasteiger partial charge in [0.15, 0.2) is 6.61 Å². The smallest absolute Gasteiger partial charge is 0.330 e. The second-order valence-corrected chi connectivity index (χ2v) is 9.60. The molecule has 1 saturated heterocycles. The van der Waals surface area contributed by atoms with E-state index >= 15 is 0 Å². The van der Waals surface area contributed by atoms with Gasteiger partial charge in [-0.3, -0.25) is 19.3 Å². The van der Waals surface area contributed by atoms with E-state index in [9.17, 15) is 19.2 Å². The summed E-state index contributed by atoms with van der Waals surface area (Å²) in [5.74, 6) is -2.19. The van der Waals surface area contributed by atoms with Crippen LogP contribution in [0, 0.1) is 36.5 Å². The lowest BCUT2D eigenvalue weighted by Gasteiger charge is -2.28. The fourth-order valence-corrected chi connectivity index (χ4v) is 5.71. The molecule has 1 aromatic rings. The molecule has 2 aliphatic carbocycles. The minimum atomic E-state index is -1.02. The van der Waals surface area contributed by atoms with Gasteiger partial charge in [-0.15, -0.1) is 0 Å². The summed E-state index contributed by atoms with van der Waals surface area (Å²) in [7, 11) is 0. The normalized spacial score (nSPS) is 27.6. The summed E-state index contributed by atoms with van der Waals surface area (Å²) in [5, 5.41) is 3.18. The third-order valence-corrected chi connectivity index (χ3v) is 7.41. The molecule has 0 radical (unpaired) electrons. The van der Waals surface area contributed by atoms with Gasteiger partial charge in [0, 0.05) is 10.7 Å². The van der Waals surface area contributed by atoms with Gasteiger partial charge in [-0.2, -0.15) is 0 Å². The van der Waals surface area contributed by atoms with E-state index in [0.717, 1.165) is 24.2 Å². The number of hydrogen-bond donors (Lipinski definition) is 1. The summed E-state index contributed by atoms with van der Waals surface area (Å²) in [4.78, 5) is 52.5. The van der Waals surface area contributed by atoms with Gasteiger partial charge >= 0.3 is 5.97 Å². The molecule has 0 unspecified atom stereocenters. The monoisotopic (exact) mass is 446 g/mol. The maximum absolute atomic E-state index is 13.1. The Balaban J connectivity index is 1.42. The molecule has 2 saturated carbocycles. The number of nitrogens with one attached hydrogen (secondary N) is 1. The molecular weight excluding hydrogens is 420 g/mol. The topological polar surface area (TPSA) is 92.8 Å². The van der Waals surface area contributed by atoms with Gasteiger partial charge in [0.25, 0.3) is 5.91 Å². The van der Waals surface area contributed by atoms with Crippen molar-refractivity contribution >= 4 is 41.0 Å². The van der Waals surface area contributed by atoms with E-state index in [-0.39, 0.29) is 41.4 Å². The molecule has 1 aliphatic heterocycles. The van der Waals surface area contributed by atoms with Crippen LogP contribution in [-0.2, 0) is 23.9 Å². The number of anilines is 1. The number of esters is 1. The van der Waals surface area contributed by atoms with E-state index in [1.165, 1.54) is 0 Å². The number of ether oxygens (including phenoxy) is 1. The molecule has 1 heterocycles. The summed E-state index contributed by atoms with van der Waals surface area (Å²) in [6.45, 7) is 4.80. The third-order valence-electron chi connectivity index (χ3n) is 7.00. The van der Waals surface area contributed by atoms with Crippen LogP contribution < -0.4 is 5.32 Å². The van der Waals surface area contributed by atoms with Crippen LogP contribution in [0.4, 0.5) is 5.69 Å². The predicted octanol–water partition coefficient (Wildman–Crippen LogP) is 3.19. The van der Waals surface area contributed by atoms with Crippen molar-refractivity contribution in [2.75, 3.05) is 11.9 Å². The van der Waals surface area contributed by atoms with Gasteiger partial charge < -0.3 is 10.1 Å². The number of nitrogens with zero attached hydrogens (tertiary/aromatic N) is 1. The van der Waals surface area contributed by atoms with Gasteiger partial charge in [0.05, 0.1) is 11.8 Å². The summed E-state index contributed by atoms with van der Waals surface area (Å²) in [6.07, 6.45) is 2.87. The Morgan fingerprint density at radius 3 is 2.35 bits per heavy atom. The Hall–Kier alpha value is -2.41. The lowest BCUT2D eigenvalue weighted by Crippen LogP contribution is -2.50. The third kappa shape index (κ3) is 3.73. The van der Waals surface area contributed by atoms with Gasteiger partial charge in [-0.1, -0.05) is 31.5 Å². The van der Waals surface area contributed by atoms with Crippen LogP contribution in [0.3, 0.4) is 0 Å². The summed E-state index contributed by atoms with van der Waals surface area (Å²) in [6, 6.07) is 4.10. The number of halogens is 1. The number of benzene rings is 1. The van der Waals surface area contributed by atoms with Crippen molar-refractivity contribution in [1.29, 1.82) is 0 Å². The summed E-state index contributed by atoms with van der Waals surface area (Å²) in [5.41, 5.74) is 1.24. The lowest BCUT2D eigenvalue weighted by molar-refractivity contribution is -0.162. The molecule has 31 heavy (non-hydrogen) atoms. The Bertz CT molecular complexity index is 918. The average Bonchev–Trinajstić information content (AvgIpc) is 3.40. The number of carbonyl (C=O) groups excluding carboxylic acids is 4.